The molecule has 0 unspecified atom stereocenters. The van der Waals surface area contributed by atoms with Gasteiger partial charge < -0.3 is 25.4 Å². The van der Waals surface area contributed by atoms with E-state index < -0.39 is 11.6 Å². The first-order chi connectivity index (χ1) is 16.6. The van der Waals surface area contributed by atoms with Gasteiger partial charge in [0, 0.05) is 31.9 Å². The molecule has 4 N–H and O–H groups in total. The fourth-order valence-corrected chi connectivity index (χ4v) is 3.81. The Morgan fingerprint density at radius 2 is 1.88 bits per heavy atom. The summed E-state index contributed by atoms with van der Waals surface area (Å²) in [5.41, 5.74) is 7.84. The summed E-state index contributed by atoms with van der Waals surface area (Å²) in [7, 11) is 0. The Morgan fingerprint density at radius 1 is 1.00 bits per heavy atom. The summed E-state index contributed by atoms with van der Waals surface area (Å²) in [5.74, 6) is 0.123. The van der Waals surface area contributed by atoms with Gasteiger partial charge in [0.25, 0.3) is 0 Å². The zero-order valence-electron chi connectivity index (χ0n) is 18.3. The van der Waals surface area contributed by atoms with E-state index in [2.05, 4.69) is 25.7 Å². The number of aromatic nitrogens is 5. The van der Waals surface area contributed by atoms with Crippen molar-refractivity contribution in [2.45, 2.75) is 19.4 Å². The van der Waals surface area contributed by atoms with Crippen LogP contribution in [0.4, 0.5) is 20.4 Å². The van der Waals surface area contributed by atoms with Gasteiger partial charge in [-0.2, -0.15) is 9.50 Å². The van der Waals surface area contributed by atoms with Crippen LogP contribution in [0, 0.1) is 11.6 Å². The van der Waals surface area contributed by atoms with Crippen molar-refractivity contribution in [1.82, 2.24) is 29.5 Å². The van der Waals surface area contributed by atoms with Gasteiger partial charge in [-0.05, 0) is 49.7 Å². The number of nitrogens with two attached hydrogens (primary N) is 1. The van der Waals surface area contributed by atoms with Crippen molar-refractivity contribution in [1.29, 1.82) is 0 Å². The molecular weight excluding hydrogens is 442 g/mol. The molecule has 0 saturated heterocycles. The maximum absolute atomic E-state index is 13.6. The molecule has 0 radical (unpaired) electrons. The normalized spacial score (nSPS) is 11.6. The van der Waals surface area contributed by atoms with E-state index in [1.54, 1.807) is 18.4 Å². The summed E-state index contributed by atoms with van der Waals surface area (Å²) < 4.78 is 35.5. The SMILES string of the molecule is Nc1nc2c(ccn2CCNCCCCNc2ccc(F)cc2F)c2nc(-c3ccco3)nn12. The largest absolute Gasteiger partial charge is 0.461 e. The molecule has 11 heteroatoms. The number of fused-ring (bicyclic) bond motifs is 3. The van der Waals surface area contributed by atoms with Crippen LogP contribution in [-0.2, 0) is 6.54 Å². The first-order valence-corrected chi connectivity index (χ1v) is 11.0. The van der Waals surface area contributed by atoms with E-state index in [0.717, 1.165) is 43.0 Å². The van der Waals surface area contributed by atoms with Gasteiger partial charge in [0.1, 0.15) is 17.3 Å². The molecule has 0 fully saturated rings. The lowest BCUT2D eigenvalue weighted by molar-refractivity contribution is 0.577. The molecule has 0 aliphatic carbocycles. The summed E-state index contributed by atoms with van der Waals surface area (Å²) in [6.45, 7) is 2.90. The molecular formula is C23H24F2N8O. The molecule has 176 valence electrons. The van der Waals surface area contributed by atoms with E-state index in [4.69, 9.17) is 10.2 Å². The van der Waals surface area contributed by atoms with Gasteiger partial charge in [0.05, 0.1) is 17.3 Å². The maximum atomic E-state index is 13.6. The Bertz CT molecular complexity index is 1410. The van der Waals surface area contributed by atoms with E-state index in [1.807, 2.05) is 16.8 Å². The minimum Gasteiger partial charge on any atom is -0.461 e. The Labute approximate surface area is 193 Å². The molecule has 4 aromatic heterocycles. The number of halogens is 2. The number of nitrogens with one attached hydrogen (secondary N) is 2. The molecule has 4 heterocycles. The summed E-state index contributed by atoms with van der Waals surface area (Å²) >= 11 is 0. The van der Waals surface area contributed by atoms with Crippen molar-refractivity contribution in [3.8, 4) is 11.6 Å². The van der Waals surface area contributed by atoms with Gasteiger partial charge >= 0.3 is 0 Å². The molecule has 1 aromatic carbocycles. The zero-order valence-corrected chi connectivity index (χ0v) is 18.3. The minimum absolute atomic E-state index is 0.255. The monoisotopic (exact) mass is 466 g/mol. The quantitative estimate of drug-likeness (QED) is 0.269. The van der Waals surface area contributed by atoms with E-state index in [-0.39, 0.29) is 5.95 Å². The Morgan fingerprint density at radius 3 is 2.71 bits per heavy atom. The lowest BCUT2D eigenvalue weighted by Crippen LogP contribution is -2.21. The van der Waals surface area contributed by atoms with Gasteiger partial charge in [-0.1, -0.05) is 0 Å². The van der Waals surface area contributed by atoms with Crippen LogP contribution >= 0.6 is 0 Å². The van der Waals surface area contributed by atoms with E-state index in [1.165, 1.54) is 16.6 Å². The van der Waals surface area contributed by atoms with Crippen molar-refractivity contribution in [2.24, 2.45) is 0 Å². The second-order valence-corrected chi connectivity index (χ2v) is 7.87. The smallest absolute Gasteiger partial charge is 0.225 e. The molecule has 9 nitrogen and oxygen atoms in total. The summed E-state index contributed by atoms with van der Waals surface area (Å²) in [6, 6.07) is 9.07. The van der Waals surface area contributed by atoms with Gasteiger partial charge in [-0.15, -0.1) is 5.10 Å². The Kier molecular flexibility index (Phi) is 6.09. The Hall–Kier alpha value is -3.99. The minimum atomic E-state index is -0.579. The number of benzene rings is 1. The standard InChI is InChI=1S/C23H24F2N8O/c24-15-5-6-18(17(25)14-15)28-9-2-1-8-27-10-12-32-11-7-16-21(32)30-23(26)33-22(16)29-20(31-33)19-4-3-13-34-19/h3-7,11,13-14,27-28H,1-2,8-10,12H2,(H2,26,30). The van der Waals surface area contributed by atoms with Crippen LogP contribution in [0.3, 0.4) is 0 Å². The number of furan rings is 1. The van der Waals surface area contributed by atoms with Crippen LogP contribution in [0.25, 0.3) is 28.3 Å². The molecule has 0 bridgehead atoms. The molecule has 5 rings (SSSR count). The third-order valence-corrected chi connectivity index (χ3v) is 5.52. The first-order valence-electron chi connectivity index (χ1n) is 11.0. The van der Waals surface area contributed by atoms with Crippen LogP contribution in [0.5, 0.6) is 0 Å². The molecule has 0 aliphatic heterocycles. The van der Waals surface area contributed by atoms with Gasteiger partial charge in [-0.3, -0.25) is 0 Å². The van der Waals surface area contributed by atoms with E-state index in [9.17, 15) is 8.78 Å². The first kappa shape index (κ1) is 21.8. The average molecular weight is 466 g/mol. The molecule has 0 amide bonds. The number of nitrogen functional groups attached to an aromatic ring is 1. The average Bonchev–Trinajstić information content (AvgIpc) is 3.56. The predicted octanol–water partition coefficient (Wildman–Crippen LogP) is 3.68. The molecule has 5 aromatic rings. The van der Waals surface area contributed by atoms with Crippen LogP contribution in [0.1, 0.15) is 12.8 Å². The van der Waals surface area contributed by atoms with Crippen molar-refractivity contribution >= 4 is 28.3 Å². The molecule has 0 atom stereocenters. The fourth-order valence-electron chi connectivity index (χ4n) is 3.81. The predicted molar refractivity (Wildman–Crippen MR) is 125 cm³/mol. The molecule has 0 aliphatic rings. The second-order valence-electron chi connectivity index (χ2n) is 7.87. The van der Waals surface area contributed by atoms with Gasteiger partial charge in [0.2, 0.25) is 11.8 Å². The second kappa shape index (κ2) is 9.48. The van der Waals surface area contributed by atoms with Crippen molar-refractivity contribution in [3.05, 3.63) is 60.5 Å². The third-order valence-electron chi connectivity index (χ3n) is 5.52. The molecule has 0 spiro atoms. The van der Waals surface area contributed by atoms with Crippen LogP contribution in [-0.4, -0.2) is 43.8 Å². The number of hydrogen-bond donors (Lipinski definition) is 3. The topological polar surface area (TPSA) is 111 Å². The number of hydrogen-bond acceptors (Lipinski definition) is 7. The highest BCUT2D eigenvalue weighted by molar-refractivity contribution is 5.91. The van der Waals surface area contributed by atoms with E-state index >= 15 is 0 Å². The van der Waals surface area contributed by atoms with Gasteiger partial charge in [-0.25, -0.2) is 13.8 Å². The fraction of sp³-hybridized carbons (Fsp3) is 0.261. The summed E-state index contributed by atoms with van der Waals surface area (Å²) in [4.78, 5) is 9.11. The number of rotatable bonds is 10. The van der Waals surface area contributed by atoms with Crippen LogP contribution in [0.2, 0.25) is 0 Å². The lowest BCUT2D eigenvalue weighted by Gasteiger charge is -2.09. The highest BCUT2D eigenvalue weighted by Gasteiger charge is 2.16. The number of unbranched alkanes of at least 4 members (excludes halogenated alkanes) is 1. The van der Waals surface area contributed by atoms with Crippen LogP contribution < -0.4 is 16.4 Å². The molecule has 34 heavy (non-hydrogen) atoms. The van der Waals surface area contributed by atoms with Crippen molar-refractivity contribution in [3.63, 3.8) is 0 Å². The van der Waals surface area contributed by atoms with E-state index in [0.29, 0.717) is 36.0 Å². The number of nitrogens with zero attached hydrogens (tertiary/aromatic N) is 5. The van der Waals surface area contributed by atoms with Crippen LogP contribution in [0.15, 0.2) is 53.3 Å². The number of anilines is 2. The lowest BCUT2D eigenvalue weighted by atomic mass is 10.2. The molecule has 0 saturated carbocycles. The van der Waals surface area contributed by atoms with Gasteiger partial charge in [0.15, 0.2) is 11.4 Å². The zero-order chi connectivity index (χ0) is 23.5. The maximum Gasteiger partial charge on any atom is 0.225 e. The Balaban J connectivity index is 1.13. The highest BCUT2D eigenvalue weighted by atomic mass is 19.1. The summed E-state index contributed by atoms with van der Waals surface area (Å²) in [6.07, 6.45) is 5.31. The van der Waals surface area contributed by atoms with Crippen molar-refractivity contribution in [2.75, 3.05) is 30.7 Å². The third kappa shape index (κ3) is 4.42. The highest BCUT2D eigenvalue weighted by Crippen LogP contribution is 2.24. The van der Waals surface area contributed by atoms with Crippen molar-refractivity contribution < 1.29 is 13.2 Å². The summed E-state index contributed by atoms with van der Waals surface area (Å²) in [5, 5.41) is 11.7.